The molecule has 0 spiro atoms. The summed E-state index contributed by atoms with van der Waals surface area (Å²) >= 11 is 1.95. The van der Waals surface area contributed by atoms with Crippen LogP contribution in [0.15, 0.2) is 29.2 Å². The summed E-state index contributed by atoms with van der Waals surface area (Å²) in [4.78, 5) is 17.8. The molecule has 1 fully saturated rings. The summed E-state index contributed by atoms with van der Waals surface area (Å²) < 4.78 is 0. The zero-order chi connectivity index (χ0) is 14.7. The molecule has 1 aromatic rings. The molecule has 1 N–H and O–H groups in total. The van der Waals surface area contributed by atoms with Crippen molar-refractivity contribution in [1.82, 2.24) is 15.1 Å². The lowest BCUT2D eigenvalue weighted by atomic mass is 10.1. The Morgan fingerprint density at radius 1 is 1.38 bits per heavy atom. The summed E-state index contributed by atoms with van der Waals surface area (Å²) in [6.45, 7) is 5.03. The third kappa shape index (κ3) is 3.78. The van der Waals surface area contributed by atoms with Gasteiger partial charge >= 0.3 is 0 Å². The minimum absolute atomic E-state index is 0.263. The molecule has 1 unspecified atom stereocenters. The molecule has 3 rings (SSSR count). The largest absolute Gasteiger partial charge is 0.339 e. The van der Waals surface area contributed by atoms with Gasteiger partial charge in [-0.3, -0.25) is 9.69 Å². The molecule has 0 saturated carbocycles. The Labute approximate surface area is 130 Å². The topological polar surface area (TPSA) is 35.6 Å². The van der Waals surface area contributed by atoms with Gasteiger partial charge in [0.25, 0.3) is 0 Å². The monoisotopic (exact) mass is 305 g/mol. The van der Waals surface area contributed by atoms with Crippen LogP contribution in [0.4, 0.5) is 0 Å². The van der Waals surface area contributed by atoms with E-state index < -0.39 is 0 Å². The Morgan fingerprint density at radius 2 is 2.14 bits per heavy atom. The van der Waals surface area contributed by atoms with Gasteiger partial charge in [-0.1, -0.05) is 18.2 Å². The third-order valence-corrected chi connectivity index (χ3v) is 5.41. The quantitative estimate of drug-likeness (QED) is 0.902. The maximum absolute atomic E-state index is 12.3. The van der Waals surface area contributed by atoms with Gasteiger partial charge in [0.05, 0.1) is 6.54 Å². The van der Waals surface area contributed by atoms with E-state index in [-0.39, 0.29) is 5.91 Å². The van der Waals surface area contributed by atoms with Crippen LogP contribution in [0.1, 0.15) is 5.56 Å². The van der Waals surface area contributed by atoms with Crippen LogP contribution >= 0.6 is 11.8 Å². The second-order valence-corrected chi connectivity index (χ2v) is 7.22. The third-order valence-electron chi connectivity index (χ3n) is 4.10. The van der Waals surface area contributed by atoms with Gasteiger partial charge in [-0.25, -0.2) is 0 Å². The molecular formula is C16H23N3OS. The number of rotatable bonds is 4. The van der Waals surface area contributed by atoms with Gasteiger partial charge in [0.1, 0.15) is 0 Å². The van der Waals surface area contributed by atoms with E-state index >= 15 is 0 Å². The van der Waals surface area contributed by atoms with Crippen molar-refractivity contribution in [1.29, 1.82) is 0 Å². The molecule has 4 nitrogen and oxygen atoms in total. The normalized spacial score (nSPS) is 21.6. The van der Waals surface area contributed by atoms with Crippen molar-refractivity contribution in [3.8, 4) is 0 Å². The molecule has 1 amide bonds. The van der Waals surface area contributed by atoms with E-state index in [1.165, 1.54) is 10.5 Å². The van der Waals surface area contributed by atoms with Gasteiger partial charge in [0, 0.05) is 42.9 Å². The summed E-state index contributed by atoms with van der Waals surface area (Å²) in [5, 5.41) is 3.85. The highest BCUT2D eigenvalue weighted by molar-refractivity contribution is 8.00. The highest BCUT2D eigenvalue weighted by Gasteiger charge is 2.24. The van der Waals surface area contributed by atoms with Gasteiger partial charge in [-0.05, 0) is 25.1 Å². The molecule has 2 aliphatic heterocycles. The van der Waals surface area contributed by atoms with E-state index in [1.54, 1.807) is 0 Å². The summed E-state index contributed by atoms with van der Waals surface area (Å²) in [6, 6.07) is 8.63. The maximum Gasteiger partial charge on any atom is 0.236 e. The molecule has 2 heterocycles. The molecule has 0 radical (unpaired) electrons. The fraction of sp³-hybridized carbons (Fsp3) is 0.562. The number of piperazine rings is 1. The van der Waals surface area contributed by atoms with Gasteiger partial charge < -0.3 is 10.2 Å². The Bertz CT molecular complexity index is 477. The lowest BCUT2D eigenvalue weighted by molar-refractivity contribution is -0.132. The van der Waals surface area contributed by atoms with Crippen LogP contribution in [0.2, 0.25) is 0 Å². The minimum atomic E-state index is 0.263. The number of hydrogen-bond donors (Lipinski definition) is 1. The van der Waals surface area contributed by atoms with E-state index in [0.717, 1.165) is 39.1 Å². The number of thioether (sulfide) groups is 1. The van der Waals surface area contributed by atoms with Crippen LogP contribution in [0.3, 0.4) is 0 Å². The fourth-order valence-electron chi connectivity index (χ4n) is 3.01. The molecule has 2 aliphatic rings. The van der Waals surface area contributed by atoms with Gasteiger partial charge in [0.2, 0.25) is 5.91 Å². The first-order valence-corrected chi connectivity index (χ1v) is 8.52. The number of hydrogen-bond acceptors (Lipinski definition) is 4. The van der Waals surface area contributed by atoms with E-state index in [2.05, 4.69) is 41.5 Å². The predicted molar refractivity (Wildman–Crippen MR) is 86.7 cm³/mol. The number of carbonyl (C=O) groups excluding carboxylic acids is 1. The average molecular weight is 305 g/mol. The van der Waals surface area contributed by atoms with Crippen LogP contribution < -0.4 is 5.32 Å². The SMILES string of the molecule is CN(CC(=O)N1CCNCC1)CC1Cc2ccccc2S1. The number of benzene rings is 1. The molecule has 1 saturated heterocycles. The van der Waals surface area contributed by atoms with Crippen LogP contribution in [0.25, 0.3) is 0 Å². The lowest BCUT2D eigenvalue weighted by Gasteiger charge is -2.29. The van der Waals surface area contributed by atoms with E-state index in [9.17, 15) is 4.79 Å². The number of fused-ring (bicyclic) bond motifs is 1. The highest BCUT2D eigenvalue weighted by atomic mass is 32.2. The van der Waals surface area contributed by atoms with Crippen LogP contribution in [0.5, 0.6) is 0 Å². The van der Waals surface area contributed by atoms with Gasteiger partial charge in [-0.15, -0.1) is 11.8 Å². The minimum Gasteiger partial charge on any atom is -0.339 e. The second kappa shape index (κ2) is 6.81. The van der Waals surface area contributed by atoms with Gasteiger partial charge in [0.15, 0.2) is 0 Å². The summed E-state index contributed by atoms with van der Waals surface area (Å²) in [5.41, 5.74) is 1.45. The first-order chi connectivity index (χ1) is 10.2. The lowest BCUT2D eigenvalue weighted by Crippen LogP contribution is -2.49. The van der Waals surface area contributed by atoms with E-state index in [0.29, 0.717) is 11.8 Å². The molecule has 5 heteroatoms. The van der Waals surface area contributed by atoms with E-state index in [1.807, 2.05) is 16.7 Å². The molecule has 21 heavy (non-hydrogen) atoms. The molecule has 0 aromatic heterocycles. The van der Waals surface area contributed by atoms with Crippen LogP contribution in [-0.4, -0.2) is 67.3 Å². The first kappa shape index (κ1) is 14.9. The smallest absolute Gasteiger partial charge is 0.236 e. The van der Waals surface area contributed by atoms with Crippen LogP contribution in [-0.2, 0) is 11.2 Å². The van der Waals surface area contributed by atoms with Crippen molar-refractivity contribution >= 4 is 17.7 Å². The molecule has 1 atom stereocenters. The van der Waals surface area contributed by atoms with Crippen molar-refractivity contribution < 1.29 is 4.79 Å². The molecular weight excluding hydrogens is 282 g/mol. The van der Waals surface area contributed by atoms with Gasteiger partial charge in [-0.2, -0.15) is 0 Å². The second-order valence-electron chi connectivity index (χ2n) is 5.88. The van der Waals surface area contributed by atoms with Crippen molar-refractivity contribution in [2.75, 3.05) is 46.3 Å². The number of amides is 1. The predicted octanol–water partition coefficient (Wildman–Crippen LogP) is 1.07. The van der Waals surface area contributed by atoms with Crippen molar-refractivity contribution in [2.45, 2.75) is 16.6 Å². The Hall–Kier alpha value is -1.04. The van der Waals surface area contributed by atoms with Crippen molar-refractivity contribution in [3.05, 3.63) is 29.8 Å². The molecule has 1 aromatic carbocycles. The summed E-state index contributed by atoms with van der Waals surface area (Å²) in [5.74, 6) is 0.263. The van der Waals surface area contributed by atoms with E-state index in [4.69, 9.17) is 0 Å². The molecule has 114 valence electrons. The fourth-order valence-corrected chi connectivity index (χ4v) is 4.42. The highest BCUT2D eigenvalue weighted by Crippen LogP contribution is 2.36. The Balaban J connectivity index is 1.47. The van der Waals surface area contributed by atoms with Crippen molar-refractivity contribution in [3.63, 3.8) is 0 Å². The number of carbonyl (C=O) groups is 1. The van der Waals surface area contributed by atoms with Crippen LogP contribution in [0, 0.1) is 0 Å². The number of nitrogens with one attached hydrogen (secondary N) is 1. The molecule has 0 aliphatic carbocycles. The summed E-state index contributed by atoms with van der Waals surface area (Å²) in [7, 11) is 2.06. The maximum atomic E-state index is 12.3. The Morgan fingerprint density at radius 3 is 2.90 bits per heavy atom. The number of likely N-dealkylation sites (N-methyl/N-ethyl adjacent to an activating group) is 1. The zero-order valence-electron chi connectivity index (χ0n) is 12.5. The zero-order valence-corrected chi connectivity index (χ0v) is 13.4. The standard InChI is InChI=1S/C16H23N3OS/c1-18(12-16(20)19-8-6-17-7-9-19)11-14-10-13-4-2-3-5-15(13)21-14/h2-5,14,17H,6-12H2,1H3. The Kier molecular flexibility index (Phi) is 4.83. The first-order valence-electron chi connectivity index (χ1n) is 7.64. The summed E-state index contributed by atoms with van der Waals surface area (Å²) in [6.07, 6.45) is 1.12. The average Bonchev–Trinajstić information content (AvgIpc) is 2.90. The van der Waals surface area contributed by atoms with Crippen molar-refractivity contribution in [2.24, 2.45) is 0 Å². The number of nitrogens with zero attached hydrogens (tertiary/aromatic N) is 2. The molecule has 0 bridgehead atoms.